The predicted molar refractivity (Wildman–Crippen MR) is 110 cm³/mol. The van der Waals surface area contributed by atoms with E-state index in [1.165, 1.54) is 6.21 Å². The molecule has 0 unspecified atom stereocenters. The summed E-state index contributed by atoms with van der Waals surface area (Å²) in [6.45, 7) is 0.117. The third kappa shape index (κ3) is 6.22. The number of nitrogens with zero attached hydrogens (tertiary/aromatic N) is 1. The number of benzene rings is 2. The SMILES string of the molecule is O=C(CNc1cc(Br)c(Br)cc1Br)N/N=C\C=C\c1ccccc1. The van der Waals surface area contributed by atoms with Gasteiger partial charge in [0, 0.05) is 19.6 Å². The van der Waals surface area contributed by atoms with Gasteiger partial charge in [-0.25, -0.2) is 5.43 Å². The van der Waals surface area contributed by atoms with E-state index < -0.39 is 0 Å². The number of carbonyl (C=O) groups excluding carboxylic acids is 1. The maximum atomic E-state index is 11.8. The number of allylic oxidation sites excluding steroid dienone is 1. The van der Waals surface area contributed by atoms with Crippen LogP contribution in [0, 0.1) is 0 Å². The maximum Gasteiger partial charge on any atom is 0.259 e. The van der Waals surface area contributed by atoms with E-state index in [0.717, 1.165) is 24.7 Å². The summed E-state index contributed by atoms with van der Waals surface area (Å²) in [6, 6.07) is 13.6. The zero-order chi connectivity index (χ0) is 17.4. The molecule has 124 valence electrons. The molecule has 4 nitrogen and oxygen atoms in total. The summed E-state index contributed by atoms with van der Waals surface area (Å²) in [4.78, 5) is 11.8. The van der Waals surface area contributed by atoms with Gasteiger partial charge in [-0.15, -0.1) is 0 Å². The summed E-state index contributed by atoms with van der Waals surface area (Å²) < 4.78 is 2.69. The third-order valence-corrected chi connectivity index (χ3v) is 5.39. The molecular weight excluding hydrogens is 502 g/mol. The maximum absolute atomic E-state index is 11.8. The zero-order valence-corrected chi connectivity index (χ0v) is 17.2. The Bertz CT molecular complexity index is 761. The van der Waals surface area contributed by atoms with E-state index >= 15 is 0 Å². The number of carbonyl (C=O) groups is 1. The molecule has 0 radical (unpaired) electrons. The van der Waals surface area contributed by atoms with Crippen molar-refractivity contribution < 1.29 is 4.79 Å². The van der Waals surface area contributed by atoms with Gasteiger partial charge in [-0.2, -0.15) is 5.10 Å². The van der Waals surface area contributed by atoms with Gasteiger partial charge in [-0.1, -0.05) is 36.4 Å². The van der Waals surface area contributed by atoms with Gasteiger partial charge in [0.25, 0.3) is 5.91 Å². The lowest BCUT2D eigenvalue weighted by atomic mass is 10.2. The average Bonchev–Trinajstić information content (AvgIpc) is 2.57. The van der Waals surface area contributed by atoms with Crippen LogP contribution in [0.4, 0.5) is 5.69 Å². The minimum Gasteiger partial charge on any atom is -0.375 e. The van der Waals surface area contributed by atoms with Gasteiger partial charge in [0.05, 0.1) is 12.2 Å². The Labute approximate surface area is 165 Å². The molecule has 2 aromatic carbocycles. The Kier molecular flexibility index (Phi) is 7.68. The lowest BCUT2D eigenvalue weighted by Crippen LogP contribution is -2.25. The fraction of sp³-hybridized carbons (Fsp3) is 0.0588. The highest BCUT2D eigenvalue weighted by Gasteiger charge is 2.06. The van der Waals surface area contributed by atoms with Crippen molar-refractivity contribution in [2.45, 2.75) is 0 Å². The Balaban J connectivity index is 1.78. The van der Waals surface area contributed by atoms with E-state index in [2.05, 4.69) is 63.6 Å². The molecule has 7 heteroatoms. The summed E-state index contributed by atoms with van der Waals surface area (Å²) >= 11 is 10.3. The summed E-state index contributed by atoms with van der Waals surface area (Å²) in [7, 11) is 0. The summed E-state index contributed by atoms with van der Waals surface area (Å²) in [6.07, 6.45) is 5.22. The molecular formula is C17H14Br3N3O. The molecule has 0 spiro atoms. The highest BCUT2D eigenvalue weighted by Crippen LogP contribution is 2.32. The van der Waals surface area contributed by atoms with Gasteiger partial charge in [0.2, 0.25) is 0 Å². The molecule has 0 aliphatic rings. The molecule has 1 amide bonds. The van der Waals surface area contributed by atoms with Crippen LogP contribution in [0.5, 0.6) is 0 Å². The second-order valence-corrected chi connectivity index (χ2v) is 7.25. The van der Waals surface area contributed by atoms with E-state index in [1.807, 2.05) is 48.5 Å². The van der Waals surface area contributed by atoms with Crippen molar-refractivity contribution in [3.8, 4) is 0 Å². The van der Waals surface area contributed by atoms with Crippen molar-refractivity contribution >= 4 is 71.7 Å². The molecule has 0 fully saturated rings. The monoisotopic (exact) mass is 513 g/mol. The Morgan fingerprint density at radius 1 is 1.04 bits per heavy atom. The first kappa shape index (κ1) is 18.9. The van der Waals surface area contributed by atoms with Crippen molar-refractivity contribution in [1.82, 2.24) is 5.43 Å². The summed E-state index contributed by atoms with van der Waals surface area (Å²) in [5.74, 6) is -0.231. The molecule has 0 aromatic heterocycles. The largest absolute Gasteiger partial charge is 0.375 e. The van der Waals surface area contributed by atoms with Crippen LogP contribution in [-0.2, 0) is 4.79 Å². The first-order valence-corrected chi connectivity index (χ1v) is 9.36. The lowest BCUT2D eigenvalue weighted by molar-refractivity contribution is -0.119. The number of hydrogen-bond donors (Lipinski definition) is 2. The van der Waals surface area contributed by atoms with Crippen LogP contribution in [0.1, 0.15) is 5.56 Å². The van der Waals surface area contributed by atoms with Gasteiger partial charge in [-0.3, -0.25) is 4.79 Å². The van der Waals surface area contributed by atoms with Crippen LogP contribution in [0.2, 0.25) is 0 Å². The molecule has 0 saturated heterocycles. The smallest absolute Gasteiger partial charge is 0.259 e. The van der Waals surface area contributed by atoms with Gasteiger partial charge in [0.15, 0.2) is 0 Å². The number of halogens is 3. The van der Waals surface area contributed by atoms with Crippen LogP contribution in [0.25, 0.3) is 6.08 Å². The van der Waals surface area contributed by atoms with Gasteiger partial charge in [0.1, 0.15) is 0 Å². The number of rotatable bonds is 6. The van der Waals surface area contributed by atoms with Crippen molar-refractivity contribution in [3.05, 3.63) is 67.5 Å². The molecule has 0 aliphatic carbocycles. The normalized spacial score (nSPS) is 11.1. The van der Waals surface area contributed by atoms with E-state index in [0.29, 0.717) is 0 Å². The highest BCUT2D eigenvalue weighted by molar-refractivity contribution is 9.13. The van der Waals surface area contributed by atoms with E-state index in [1.54, 1.807) is 6.08 Å². The minimum atomic E-state index is -0.231. The molecule has 2 N–H and O–H groups in total. The van der Waals surface area contributed by atoms with Crippen molar-refractivity contribution in [2.75, 3.05) is 11.9 Å². The number of hydrazone groups is 1. The molecule has 0 saturated carbocycles. The molecule has 2 aromatic rings. The van der Waals surface area contributed by atoms with E-state index in [4.69, 9.17) is 0 Å². The van der Waals surface area contributed by atoms with Crippen molar-refractivity contribution in [3.63, 3.8) is 0 Å². The van der Waals surface area contributed by atoms with Crippen LogP contribution >= 0.6 is 47.8 Å². The summed E-state index contributed by atoms with van der Waals surface area (Å²) in [5, 5.41) is 6.92. The van der Waals surface area contributed by atoms with Gasteiger partial charge in [-0.05, 0) is 71.6 Å². The van der Waals surface area contributed by atoms with Crippen molar-refractivity contribution in [1.29, 1.82) is 0 Å². The standard InChI is InChI=1S/C17H14Br3N3O/c18-13-9-15(20)16(10-14(13)19)21-11-17(24)23-22-8-4-7-12-5-2-1-3-6-12/h1-10,21H,11H2,(H,23,24)/b7-4+,22-8-. The van der Waals surface area contributed by atoms with Crippen LogP contribution in [0.15, 0.2) is 67.1 Å². The fourth-order valence-corrected chi connectivity index (χ4v) is 3.22. The van der Waals surface area contributed by atoms with E-state index in [-0.39, 0.29) is 12.5 Å². The molecule has 0 heterocycles. The van der Waals surface area contributed by atoms with Gasteiger partial charge < -0.3 is 5.32 Å². The van der Waals surface area contributed by atoms with E-state index in [9.17, 15) is 4.79 Å². The third-order valence-electron chi connectivity index (χ3n) is 2.89. The average molecular weight is 516 g/mol. The van der Waals surface area contributed by atoms with Crippen molar-refractivity contribution in [2.24, 2.45) is 5.10 Å². The Hall–Kier alpha value is -1.44. The summed E-state index contributed by atoms with van der Waals surface area (Å²) in [5.41, 5.74) is 4.35. The number of amides is 1. The first-order valence-electron chi connectivity index (χ1n) is 6.98. The Morgan fingerprint density at radius 2 is 1.75 bits per heavy atom. The molecule has 0 aliphatic heterocycles. The molecule has 0 bridgehead atoms. The second-order valence-electron chi connectivity index (χ2n) is 4.68. The fourth-order valence-electron chi connectivity index (χ4n) is 1.74. The zero-order valence-electron chi connectivity index (χ0n) is 12.5. The van der Waals surface area contributed by atoms with Crippen LogP contribution in [-0.4, -0.2) is 18.7 Å². The minimum absolute atomic E-state index is 0.117. The quantitative estimate of drug-likeness (QED) is 0.315. The number of anilines is 1. The lowest BCUT2D eigenvalue weighted by Gasteiger charge is -2.09. The molecule has 0 atom stereocenters. The number of nitrogens with one attached hydrogen (secondary N) is 2. The second kappa shape index (κ2) is 9.76. The predicted octanol–water partition coefficient (Wildman–Crippen LogP) is 5.20. The Morgan fingerprint density at radius 3 is 2.50 bits per heavy atom. The van der Waals surface area contributed by atoms with Crippen LogP contribution in [0.3, 0.4) is 0 Å². The topological polar surface area (TPSA) is 53.5 Å². The first-order chi connectivity index (χ1) is 11.6. The molecule has 2 rings (SSSR count). The molecule has 24 heavy (non-hydrogen) atoms. The van der Waals surface area contributed by atoms with Gasteiger partial charge >= 0.3 is 0 Å². The number of hydrogen-bond acceptors (Lipinski definition) is 3. The highest BCUT2D eigenvalue weighted by atomic mass is 79.9. The van der Waals surface area contributed by atoms with Crippen LogP contribution < -0.4 is 10.7 Å².